The van der Waals surface area contributed by atoms with Gasteiger partial charge in [-0.3, -0.25) is 0 Å². The summed E-state index contributed by atoms with van der Waals surface area (Å²) in [4.78, 5) is 14.9. The van der Waals surface area contributed by atoms with Crippen molar-refractivity contribution in [3.05, 3.63) is 77.6 Å². The molecule has 0 amide bonds. The maximum atomic E-state index is 14.3. The van der Waals surface area contributed by atoms with E-state index in [2.05, 4.69) is 40.9 Å². The van der Waals surface area contributed by atoms with E-state index in [0.717, 1.165) is 38.7 Å². The van der Waals surface area contributed by atoms with Crippen LogP contribution in [-0.4, -0.2) is 25.8 Å². The monoisotopic (exact) mass is 487 g/mol. The first-order valence-corrected chi connectivity index (χ1v) is 13.2. The molecule has 0 bridgehead atoms. The number of nitrogen functional groups attached to an aromatic ring is 1. The number of rotatable bonds is 7. The number of hydrogen-bond donors (Lipinski definition) is 1. The zero-order chi connectivity index (χ0) is 24.5. The number of anilines is 1. The highest BCUT2D eigenvalue weighted by atomic mass is 32.2. The Balaban J connectivity index is 1.55. The molecule has 1 aliphatic rings. The lowest BCUT2D eigenvalue weighted by atomic mass is 9.73. The second-order valence-electron chi connectivity index (χ2n) is 9.34. The van der Waals surface area contributed by atoms with Gasteiger partial charge in [-0.2, -0.15) is 0 Å². The third kappa shape index (κ3) is 4.69. The quantitative estimate of drug-likeness (QED) is 0.293. The van der Waals surface area contributed by atoms with Crippen molar-refractivity contribution in [1.29, 1.82) is 0 Å². The van der Waals surface area contributed by atoms with Crippen LogP contribution >= 0.6 is 11.8 Å². The molecule has 4 aromatic rings. The van der Waals surface area contributed by atoms with Crippen LogP contribution in [0.3, 0.4) is 0 Å². The van der Waals surface area contributed by atoms with Crippen LogP contribution in [0.2, 0.25) is 0 Å². The lowest BCUT2D eigenvalue weighted by Gasteiger charge is -2.32. The highest BCUT2D eigenvalue weighted by Crippen LogP contribution is 2.42. The maximum Gasteiger partial charge on any atom is 0.144 e. The fraction of sp³-hybridized carbons (Fsp3) is 0.321. The molecule has 5 nitrogen and oxygen atoms in total. The first kappa shape index (κ1) is 23.5. The molecule has 1 atom stereocenters. The van der Waals surface area contributed by atoms with Gasteiger partial charge in [0, 0.05) is 35.0 Å². The van der Waals surface area contributed by atoms with E-state index in [9.17, 15) is 4.39 Å². The summed E-state index contributed by atoms with van der Waals surface area (Å²) in [6, 6.07) is 11.5. The Bertz CT molecular complexity index is 1360. The Hall–Kier alpha value is -3.19. The number of hydrogen-bond acceptors (Lipinski definition) is 5. The Labute approximate surface area is 210 Å². The third-order valence-corrected chi connectivity index (χ3v) is 7.96. The number of nitrogens with two attached hydrogens (primary N) is 1. The molecule has 1 unspecified atom stereocenters. The van der Waals surface area contributed by atoms with Crippen molar-refractivity contribution in [1.82, 2.24) is 19.5 Å². The van der Waals surface area contributed by atoms with Crippen LogP contribution in [0.15, 0.2) is 59.9 Å². The molecule has 0 spiro atoms. The number of imidazole rings is 1. The Morgan fingerprint density at radius 2 is 1.97 bits per heavy atom. The summed E-state index contributed by atoms with van der Waals surface area (Å²) in [5.41, 5.74) is 11.6. The molecule has 0 radical (unpaired) electrons. The smallest absolute Gasteiger partial charge is 0.144 e. The van der Waals surface area contributed by atoms with Crippen LogP contribution in [0, 0.1) is 18.7 Å². The summed E-state index contributed by atoms with van der Waals surface area (Å²) in [5, 5.41) is 0. The number of nitrogens with zero attached hydrogens (tertiary/aromatic N) is 4. The molecule has 5 rings (SSSR count). The molecule has 2 aromatic heterocycles. The Morgan fingerprint density at radius 3 is 2.69 bits per heavy atom. The van der Waals surface area contributed by atoms with E-state index in [1.165, 1.54) is 25.3 Å². The molecule has 0 saturated heterocycles. The molecule has 180 valence electrons. The lowest BCUT2D eigenvalue weighted by molar-refractivity contribution is 0.272. The van der Waals surface area contributed by atoms with E-state index in [-0.39, 0.29) is 5.82 Å². The minimum Gasteiger partial charge on any atom is -0.382 e. The highest BCUT2D eigenvalue weighted by Gasteiger charge is 2.28. The zero-order valence-corrected chi connectivity index (χ0v) is 21.1. The number of halogens is 1. The largest absolute Gasteiger partial charge is 0.382 e. The van der Waals surface area contributed by atoms with Crippen molar-refractivity contribution in [2.45, 2.75) is 50.5 Å². The Kier molecular flexibility index (Phi) is 6.60. The normalized spacial score (nSPS) is 14.6. The molecule has 2 aromatic carbocycles. The van der Waals surface area contributed by atoms with E-state index in [1.54, 1.807) is 24.0 Å². The summed E-state index contributed by atoms with van der Waals surface area (Å²) in [6.07, 6.45) is 11.3. The molecular weight excluding hydrogens is 457 g/mol. The van der Waals surface area contributed by atoms with Gasteiger partial charge in [0.15, 0.2) is 0 Å². The number of thioether (sulfide) groups is 1. The van der Waals surface area contributed by atoms with E-state index >= 15 is 0 Å². The molecular formula is C28H30FN5S. The molecule has 7 heteroatoms. The fourth-order valence-corrected chi connectivity index (χ4v) is 5.29. The minimum absolute atomic E-state index is 0.194. The van der Waals surface area contributed by atoms with Gasteiger partial charge >= 0.3 is 0 Å². The Morgan fingerprint density at radius 1 is 1.14 bits per heavy atom. The standard InChI is InChI=1S/C28H30FN5S/c1-17(19-5-4-6-19)24-13-21(29)8-10-23(24)28-31-11-12-34(28)16-20-7-9-22(35-3)14-25(20)26-15-32-27(30)18(2)33-26/h7-15,17,19H,4-6,16H2,1-3H3,(H2,30,32). The summed E-state index contributed by atoms with van der Waals surface area (Å²) in [7, 11) is 0. The van der Waals surface area contributed by atoms with Crippen LogP contribution in [-0.2, 0) is 6.54 Å². The summed E-state index contributed by atoms with van der Waals surface area (Å²) >= 11 is 1.69. The van der Waals surface area contributed by atoms with Gasteiger partial charge < -0.3 is 10.3 Å². The highest BCUT2D eigenvalue weighted by molar-refractivity contribution is 7.98. The van der Waals surface area contributed by atoms with Crippen molar-refractivity contribution in [3.63, 3.8) is 0 Å². The lowest BCUT2D eigenvalue weighted by Crippen LogP contribution is -2.19. The third-order valence-electron chi connectivity index (χ3n) is 7.24. The van der Waals surface area contributed by atoms with Crippen molar-refractivity contribution in [2.75, 3.05) is 12.0 Å². The zero-order valence-electron chi connectivity index (χ0n) is 20.3. The molecule has 2 N–H and O–H groups in total. The van der Waals surface area contributed by atoms with Gasteiger partial charge in [-0.1, -0.05) is 19.4 Å². The maximum absolute atomic E-state index is 14.3. The molecule has 2 heterocycles. The average molecular weight is 488 g/mol. The van der Waals surface area contributed by atoms with Gasteiger partial charge in [0.05, 0.1) is 17.6 Å². The minimum atomic E-state index is -0.194. The summed E-state index contributed by atoms with van der Waals surface area (Å²) in [6.45, 7) is 4.70. The van der Waals surface area contributed by atoms with Gasteiger partial charge in [0.2, 0.25) is 0 Å². The van der Waals surface area contributed by atoms with E-state index in [0.29, 0.717) is 29.9 Å². The summed E-state index contributed by atoms with van der Waals surface area (Å²) in [5.74, 6) is 2.00. The van der Waals surface area contributed by atoms with Gasteiger partial charge in [0.25, 0.3) is 0 Å². The van der Waals surface area contributed by atoms with Crippen molar-refractivity contribution < 1.29 is 4.39 Å². The van der Waals surface area contributed by atoms with E-state index in [4.69, 9.17) is 15.7 Å². The molecule has 35 heavy (non-hydrogen) atoms. The van der Waals surface area contributed by atoms with Crippen LogP contribution in [0.4, 0.5) is 10.2 Å². The first-order chi connectivity index (χ1) is 16.9. The predicted molar refractivity (Wildman–Crippen MR) is 141 cm³/mol. The fourth-order valence-electron chi connectivity index (χ4n) is 4.85. The number of benzene rings is 2. The van der Waals surface area contributed by atoms with Gasteiger partial charge in [-0.25, -0.2) is 19.3 Å². The van der Waals surface area contributed by atoms with Crippen LogP contribution < -0.4 is 5.73 Å². The number of aryl methyl sites for hydroxylation is 1. The second kappa shape index (κ2) is 9.82. The van der Waals surface area contributed by atoms with Crippen molar-refractivity contribution in [3.8, 4) is 22.6 Å². The molecule has 1 fully saturated rings. The van der Waals surface area contributed by atoms with Crippen LogP contribution in [0.25, 0.3) is 22.6 Å². The van der Waals surface area contributed by atoms with Crippen LogP contribution in [0.1, 0.15) is 48.9 Å². The second-order valence-corrected chi connectivity index (χ2v) is 10.2. The first-order valence-electron chi connectivity index (χ1n) is 12.0. The van der Waals surface area contributed by atoms with Gasteiger partial charge in [0.1, 0.15) is 17.5 Å². The van der Waals surface area contributed by atoms with Gasteiger partial charge in [-0.15, -0.1) is 11.8 Å². The molecule has 0 aliphatic heterocycles. The number of aromatic nitrogens is 4. The summed E-state index contributed by atoms with van der Waals surface area (Å²) < 4.78 is 16.4. The average Bonchev–Trinajstić information content (AvgIpc) is 3.28. The van der Waals surface area contributed by atoms with Crippen molar-refractivity contribution >= 4 is 17.6 Å². The molecule has 1 aliphatic carbocycles. The van der Waals surface area contributed by atoms with Crippen molar-refractivity contribution in [2.24, 2.45) is 5.92 Å². The SMILES string of the molecule is CSc1ccc(Cn2ccnc2-c2ccc(F)cc2C(C)C2CCC2)c(-c2cnc(N)c(C)n2)c1. The van der Waals surface area contributed by atoms with Crippen LogP contribution in [0.5, 0.6) is 0 Å². The van der Waals surface area contributed by atoms with E-state index < -0.39 is 0 Å². The van der Waals surface area contributed by atoms with E-state index in [1.807, 2.05) is 25.4 Å². The molecule has 1 saturated carbocycles. The predicted octanol–water partition coefficient (Wildman–Crippen LogP) is 6.71. The van der Waals surface area contributed by atoms with Gasteiger partial charge in [-0.05, 0) is 79.3 Å². The topological polar surface area (TPSA) is 69.6 Å².